The van der Waals surface area contributed by atoms with Crippen molar-refractivity contribution in [2.75, 3.05) is 20.3 Å². The normalized spacial score (nSPS) is 12.4. The number of ether oxygens (including phenoxy) is 1. The van der Waals surface area contributed by atoms with Gasteiger partial charge in [-0.1, -0.05) is 29.3 Å². The van der Waals surface area contributed by atoms with E-state index in [2.05, 4.69) is 5.32 Å². The summed E-state index contributed by atoms with van der Waals surface area (Å²) in [5, 5.41) is 13.0. The highest BCUT2D eigenvalue weighted by Crippen LogP contribution is 2.21. The number of nitrogens with one attached hydrogen (secondary N) is 1. The fourth-order valence-corrected chi connectivity index (χ4v) is 1.99. The Hall–Kier alpha value is -0.810. The zero-order valence-electron chi connectivity index (χ0n) is 9.95. The van der Waals surface area contributed by atoms with Crippen LogP contribution in [0.1, 0.15) is 5.56 Å². The average molecular weight is 292 g/mol. The van der Waals surface area contributed by atoms with Crippen LogP contribution in [0.3, 0.4) is 0 Å². The van der Waals surface area contributed by atoms with Gasteiger partial charge >= 0.3 is 5.97 Å². The van der Waals surface area contributed by atoms with Crippen LogP contribution in [-0.2, 0) is 16.0 Å². The summed E-state index contributed by atoms with van der Waals surface area (Å²) in [4.78, 5) is 10.9. The van der Waals surface area contributed by atoms with Gasteiger partial charge in [0.25, 0.3) is 0 Å². The number of halogens is 2. The number of carbonyl (C=O) groups is 1. The SMILES string of the molecule is COCC(NCCc1ccc(Cl)cc1Cl)C(=O)O. The van der Waals surface area contributed by atoms with Crippen molar-refractivity contribution in [1.82, 2.24) is 5.32 Å². The molecule has 6 heteroatoms. The minimum atomic E-state index is -0.931. The van der Waals surface area contributed by atoms with Gasteiger partial charge < -0.3 is 15.2 Å². The Kier molecular flexibility index (Phi) is 6.43. The molecule has 100 valence electrons. The standard InChI is InChI=1S/C12H15Cl2NO3/c1-18-7-11(12(16)17)15-5-4-8-2-3-9(13)6-10(8)14/h2-3,6,11,15H,4-5,7H2,1H3,(H,16,17). The molecule has 1 aromatic carbocycles. The van der Waals surface area contributed by atoms with Crippen LogP contribution in [0.2, 0.25) is 10.0 Å². The van der Waals surface area contributed by atoms with Crippen molar-refractivity contribution in [3.8, 4) is 0 Å². The molecule has 0 aliphatic rings. The van der Waals surface area contributed by atoms with Crippen LogP contribution in [0.5, 0.6) is 0 Å². The number of benzene rings is 1. The van der Waals surface area contributed by atoms with Crippen molar-refractivity contribution in [3.63, 3.8) is 0 Å². The molecule has 1 unspecified atom stereocenters. The lowest BCUT2D eigenvalue weighted by Crippen LogP contribution is -2.41. The smallest absolute Gasteiger partial charge is 0.323 e. The largest absolute Gasteiger partial charge is 0.480 e. The van der Waals surface area contributed by atoms with Gasteiger partial charge in [-0.15, -0.1) is 0 Å². The van der Waals surface area contributed by atoms with E-state index in [4.69, 9.17) is 33.0 Å². The maximum Gasteiger partial charge on any atom is 0.323 e. The van der Waals surface area contributed by atoms with Crippen LogP contribution in [0, 0.1) is 0 Å². The van der Waals surface area contributed by atoms with E-state index in [-0.39, 0.29) is 6.61 Å². The van der Waals surface area contributed by atoms with Crippen LogP contribution in [0.15, 0.2) is 18.2 Å². The van der Waals surface area contributed by atoms with E-state index in [1.165, 1.54) is 7.11 Å². The van der Waals surface area contributed by atoms with E-state index < -0.39 is 12.0 Å². The fraction of sp³-hybridized carbons (Fsp3) is 0.417. The summed E-state index contributed by atoms with van der Waals surface area (Å²) in [5.74, 6) is -0.931. The Labute approximate surface area is 116 Å². The molecule has 0 spiro atoms. The van der Waals surface area contributed by atoms with Crippen molar-refractivity contribution >= 4 is 29.2 Å². The van der Waals surface area contributed by atoms with E-state index in [1.807, 2.05) is 6.07 Å². The number of carboxylic acid groups (broad SMARTS) is 1. The second-order valence-electron chi connectivity index (χ2n) is 3.79. The first-order chi connectivity index (χ1) is 8.54. The van der Waals surface area contributed by atoms with Gasteiger partial charge in [-0.2, -0.15) is 0 Å². The Bertz CT molecular complexity index is 412. The average Bonchev–Trinajstić information content (AvgIpc) is 2.30. The molecule has 0 saturated heterocycles. The molecular formula is C12H15Cl2NO3. The van der Waals surface area contributed by atoms with E-state index in [9.17, 15) is 4.79 Å². The molecule has 0 aromatic heterocycles. The summed E-state index contributed by atoms with van der Waals surface area (Å²) < 4.78 is 4.82. The number of hydrogen-bond acceptors (Lipinski definition) is 3. The molecule has 2 N–H and O–H groups in total. The van der Waals surface area contributed by atoms with Crippen molar-refractivity contribution in [2.45, 2.75) is 12.5 Å². The number of methoxy groups -OCH3 is 1. The zero-order valence-corrected chi connectivity index (χ0v) is 11.5. The summed E-state index contributed by atoms with van der Waals surface area (Å²) in [6.07, 6.45) is 0.628. The molecule has 4 nitrogen and oxygen atoms in total. The monoisotopic (exact) mass is 291 g/mol. The highest BCUT2D eigenvalue weighted by molar-refractivity contribution is 6.35. The number of carboxylic acids is 1. The highest BCUT2D eigenvalue weighted by atomic mass is 35.5. The molecule has 0 amide bonds. The summed E-state index contributed by atoms with van der Waals surface area (Å²) in [6, 6.07) is 4.55. The summed E-state index contributed by atoms with van der Waals surface area (Å²) in [6.45, 7) is 0.630. The van der Waals surface area contributed by atoms with Crippen molar-refractivity contribution in [3.05, 3.63) is 33.8 Å². The molecule has 1 atom stereocenters. The molecule has 0 heterocycles. The molecular weight excluding hydrogens is 277 g/mol. The lowest BCUT2D eigenvalue weighted by Gasteiger charge is -2.13. The van der Waals surface area contributed by atoms with Crippen LogP contribution in [0.4, 0.5) is 0 Å². The van der Waals surface area contributed by atoms with Gasteiger partial charge in [0.2, 0.25) is 0 Å². The maximum atomic E-state index is 10.9. The number of aliphatic carboxylic acids is 1. The van der Waals surface area contributed by atoms with E-state index in [1.54, 1.807) is 12.1 Å². The van der Waals surface area contributed by atoms with Gasteiger partial charge in [0.05, 0.1) is 6.61 Å². The molecule has 0 fully saturated rings. The van der Waals surface area contributed by atoms with E-state index in [0.717, 1.165) is 5.56 Å². The maximum absolute atomic E-state index is 10.9. The van der Waals surface area contributed by atoms with Gasteiger partial charge in [-0.25, -0.2) is 0 Å². The first-order valence-electron chi connectivity index (χ1n) is 5.43. The Morgan fingerprint density at radius 3 is 2.78 bits per heavy atom. The second-order valence-corrected chi connectivity index (χ2v) is 4.63. The second kappa shape index (κ2) is 7.59. The first kappa shape index (κ1) is 15.2. The van der Waals surface area contributed by atoms with Crippen molar-refractivity contribution in [1.29, 1.82) is 0 Å². The molecule has 1 rings (SSSR count). The van der Waals surface area contributed by atoms with Gasteiger partial charge in [0.15, 0.2) is 0 Å². The van der Waals surface area contributed by atoms with E-state index in [0.29, 0.717) is 23.0 Å². The predicted octanol–water partition coefficient (Wildman–Crippen LogP) is 2.23. The van der Waals surface area contributed by atoms with Crippen molar-refractivity contribution in [2.24, 2.45) is 0 Å². The minimum Gasteiger partial charge on any atom is -0.480 e. The zero-order chi connectivity index (χ0) is 13.5. The van der Waals surface area contributed by atoms with Gasteiger partial charge in [-0.3, -0.25) is 4.79 Å². The lowest BCUT2D eigenvalue weighted by molar-refractivity contribution is -0.140. The number of rotatable bonds is 7. The quantitative estimate of drug-likeness (QED) is 0.809. The third-order valence-corrected chi connectivity index (χ3v) is 3.02. The minimum absolute atomic E-state index is 0.129. The molecule has 18 heavy (non-hydrogen) atoms. The van der Waals surface area contributed by atoms with Gasteiger partial charge in [0.1, 0.15) is 6.04 Å². The van der Waals surface area contributed by atoms with Gasteiger partial charge in [-0.05, 0) is 24.1 Å². The van der Waals surface area contributed by atoms with Crippen LogP contribution < -0.4 is 5.32 Å². The Balaban J connectivity index is 2.47. The van der Waals surface area contributed by atoms with Crippen LogP contribution >= 0.6 is 23.2 Å². The van der Waals surface area contributed by atoms with E-state index >= 15 is 0 Å². The van der Waals surface area contributed by atoms with Gasteiger partial charge in [0, 0.05) is 23.7 Å². The summed E-state index contributed by atoms with van der Waals surface area (Å²) >= 11 is 11.8. The third kappa shape index (κ3) is 4.82. The van der Waals surface area contributed by atoms with Crippen LogP contribution in [0.25, 0.3) is 0 Å². The predicted molar refractivity (Wildman–Crippen MR) is 71.5 cm³/mol. The first-order valence-corrected chi connectivity index (χ1v) is 6.19. The topological polar surface area (TPSA) is 58.6 Å². The third-order valence-electron chi connectivity index (χ3n) is 2.43. The fourth-order valence-electron chi connectivity index (χ4n) is 1.49. The molecule has 0 radical (unpaired) electrons. The molecule has 0 aliphatic carbocycles. The molecule has 1 aromatic rings. The highest BCUT2D eigenvalue weighted by Gasteiger charge is 2.15. The molecule has 0 saturated carbocycles. The lowest BCUT2D eigenvalue weighted by atomic mass is 10.1. The summed E-state index contributed by atoms with van der Waals surface area (Å²) in [7, 11) is 1.47. The number of hydrogen-bond donors (Lipinski definition) is 2. The van der Waals surface area contributed by atoms with Crippen LogP contribution in [-0.4, -0.2) is 37.4 Å². The molecule has 0 bridgehead atoms. The Morgan fingerprint density at radius 2 is 2.22 bits per heavy atom. The Morgan fingerprint density at radius 1 is 1.50 bits per heavy atom. The molecule has 0 aliphatic heterocycles. The van der Waals surface area contributed by atoms with Crippen molar-refractivity contribution < 1.29 is 14.6 Å². The summed E-state index contributed by atoms with van der Waals surface area (Å²) in [5.41, 5.74) is 0.926.